The van der Waals surface area contributed by atoms with E-state index >= 15 is 0 Å². The first kappa shape index (κ1) is 20.7. The number of rotatable bonds is 6. The summed E-state index contributed by atoms with van der Waals surface area (Å²) in [4.78, 5) is 36.6. The molecule has 30 heavy (non-hydrogen) atoms. The zero-order valence-electron chi connectivity index (χ0n) is 15.5. The Labute approximate surface area is 170 Å². The summed E-state index contributed by atoms with van der Waals surface area (Å²) in [6.45, 7) is -0.726. The zero-order valence-corrected chi connectivity index (χ0v) is 15.5. The number of benzene rings is 3. The molecule has 0 atom stereocenters. The van der Waals surface area contributed by atoms with Gasteiger partial charge in [0.2, 0.25) is 0 Å². The first-order chi connectivity index (χ1) is 14.4. The van der Waals surface area contributed by atoms with E-state index < -0.39 is 36.0 Å². The van der Waals surface area contributed by atoms with Crippen LogP contribution in [0.2, 0.25) is 0 Å². The Morgan fingerprint density at radius 3 is 2.27 bits per heavy atom. The van der Waals surface area contributed by atoms with Crippen LogP contribution < -0.4 is 10.6 Å². The maximum absolute atomic E-state index is 13.6. The highest BCUT2D eigenvalue weighted by molar-refractivity contribution is 6.08. The third kappa shape index (κ3) is 5.26. The molecule has 0 aromatic heterocycles. The molecule has 0 aliphatic rings. The Bertz CT molecular complexity index is 1090. The Morgan fingerprint density at radius 1 is 0.800 bits per heavy atom. The monoisotopic (exact) mass is 410 g/mol. The zero-order chi connectivity index (χ0) is 21.5. The van der Waals surface area contributed by atoms with Crippen LogP contribution in [-0.4, -0.2) is 24.4 Å². The maximum Gasteiger partial charge on any atom is 0.340 e. The number of anilines is 2. The summed E-state index contributed by atoms with van der Waals surface area (Å²) in [5.41, 5.74) is 0.267. The second-order valence-electron chi connectivity index (χ2n) is 6.11. The van der Waals surface area contributed by atoms with Crippen LogP contribution in [0.5, 0.6) is 0 Å². The van der Waals surface area contributed by atoms with Crippen molar-refractivity contribution in [2.24, 2.45) is 0 Å². The van der Waals surface area contributed by atoms with Gasteiger partial charge in [-0.1, -0.05) is 30.3 Å². The van der Waals surface area contributed by atoms with E-state index in [0.717, 1.165) is 18.2 Å². The van der Waals surface area contributed by atoms with Crippen molar-refractivity contribution in [3.8, 4) is 0 Å². The lowest BCUT2D eigenvalue weighted by Gasteiger charge is -2.11. The van der Waals surface area contributed by atoms with Gasteiger partial charge >= 0.3 is 5.97 Å². The molecule has 2 N–H and O–H groups in total. The highest BCUT2D eigenvalue weighted by Gasteiger charge is 2.17. The molecule has 0 spiro atoms. The molecule has 0 radical (unpaired) electrons. The van der Waals surface area contributed by atoms with Crippen molar-refractivity contribution < 1.29 is 27.9 Å². The standard InChI is InChI=1S/C22H16F2N2O4/c23-15-10-11-17(24)19(12-15)25-20(27)13-30-22(29)16-8-4-5-9-18(16)26-21(28)14-6-2-1-3-7-14/h1-12H,13H2,(H,25,27)(H,26,28). The number of amides is 2. The predicted octanol–water partition coefficient (Wildman–Crippen LogP) is 4.01. The van der Waals surface area contributed by atoms with Gasteiger partial charge in [-0.2, -0.15) is 0 Å². The van der Waals surface area contributed by atoms with Crippen LogP contribution >= 0.6 is 0 Å². The van der Waals surface area contributed by atoms with Gasteiger partial charge in [0.1, 0.15) is 11.6 Å². The minimum Gasteiger partial charge on any atom is -0.452 e. The van der Waals surface area contributed by atoms with Crippen LogP contribution in [0, 0.1) is 11.6 Å². The van der Waals surface area contributed by atoms with Crippen molar-refractivity contribution in [2.45, 2.75) is 0 Å². The largest absolute Gasteiger partial charge is 0.452 e. The molecule has 8 heteroatoms. The van der Waals surface area contributed by atoms with Crippen molar-refractivity contribution >= 4 is 29.2 Å². The fraction of sp³-hybridized carbons (Fsp3) is 0.0455. The highest BCUT2D eigenvalue weighted by atomic mass is 19.1. The summed E-state index contributed by atoms with van der Waals surface area (Å²) in [5.74, 6) is -3.69. The second kappa shape index (κ2) is 9.42. The Kier molecular flexibility index (Phi) is 6.49. The predicted molar refractivity (Wildman–Crippen MR) is 106 cm³/mol. The van der Waals surface area contributed by atoms with Crippen LogP contribution in [0.3, 0.4) is 0 Å². The fourth-order valence-corrected chi connectivity index (χ4v) is 2.54. The Hall–Kier alpha value is -4.07. The number of halogens is 2. The minimum absolute atomic E-state index is 0.0338. The summed E-state index contributed by atoms with van der Waals surface area (Å²) < 4.78 is 31.7. The Balaban J connectivity index is 1.64. The van der Waals surface area contributed by atoms with E-state index in [2.05, 4.69) is 10.6 Å². The SMILES string of the molecule is O=C(COC(=O)c1ccccc1NC(=O)c1ccccc1)Nc1cc(F)ccc1F. The van der Waals surface area contributed by atoms with Gasteiger partial charge in [-0.15, -0.1) is 0 Å². The van der Waals surface area contributed by atoms with Crippen molar-refractivity contribution in [1.29, 1.82) is 0 Å². The lowest BCUT2D eigenvalue weighted by Crippen LogP contribution is -2.22. The van der Waals surface area contributed by atoms with Gasteiger partial charge in [-0.25, -0.2) is 13.6 Å². The van der Waals surface area contributed by atoms with Gasteiger partial charge < -0.3 is 15.4 Å². The van der Waals surface area contributed by atoms with E-state index in [1.807, 2.05) is 0 Å². The average Bonchev–Trinajstić information content (AvgIpc) is 2.75. The number of carbonyl (C=O) groups excluding carboxylic acids is 3. The number of para-hydroxylation sites is 1. The molecule has 0 fully saturated rings. The number of nitrogens with one attached hydrogen (secondary N) is 2. The third-order valence-electron chi connectivity index (χ3n) is 3.97. The molecule has 0 bridgehead atoms. The minimum atomic E-state index is -0.867. The third-order valence-corrected chi connectivity index (χ3v) is 3.97. The smallest absolute Gasteiger partial charge is 0.340 e. The summed E-state index contributed by atoms with van der Waals surface area (Å²) in [5, 5.41) is 4.74. The van der Waals surface area contributed by atoms with Crippen molar-refractivity contribution in [2.75, 3.05) is 17.2 Å². The lowest BCUT2D eigenvalue weighted by molar-refractivity contribution is -0.119. The quantitative estimate of drug-likeness (QED) is 0.602. The number of carbonyl (C=O) groups is 3. The van der Waals surface area contributed by atoms with Crippen LogP contribution in [0.25, 0.3) is 0 Å². The van der Waals surface area contributed by atoms with Gasteiger partial charge in [0, 0.05) is 11.6 Å². The summed E-state index contributed by atoms with van der Waals surface area (Å²) in [6, 6.07) is 17.1. The summed E-state index contributed by atoms with van der Waals surface area (Å²) in [7, 11) is 0. The van der Waals surface area contributed by atoms with Crippen LogP contribution in [0.4, 0.5) is 20.2 Å². The normalized spacial score (nSPS) is 10.2. The molecular formula is C22H16F2N2O4. The summed E-state index contributed by atoms with van der Waals surface area (Å²) in [6.07, 6.45) is 0. The van der Waals surface area contributed by atoms with E-state index in [0.29, 0.717) is 5.56 Å². The number of ether oxygens (including phenoxy) is 1. The van der Waals surface area contributed by atoms with Gasteiger partial charge in [0.25, 0.3) is 11.8 Å². The number of hydrogen-bond donors (Lipinski definition) is 2. The van der Waals surface area contributed by atoms with E-state index in [9.17, 15) is 23.2 Å². The molecule has 2 amide bonds. The molecule has 3 rings (SSSR count). The molecule has 0 saturated heterocycles. The van der Waals surface area contributed by atoms with E-state index in [4.69, 9.17) is 4.74 Å². The molecule has 0 unspecified atom stereocenters. The van der Waals surface area contributed by atoms with Gasteiger partial charge in [-0.3, -0.25) is 9.59 Å². The van der Waals surface area contributed by atoms with Crippen LogP contribution in [0.15, 0.2) is 72.8 Å². The van der Waals surface area contributed by atoms with Gasteiger partial charge in [0.15, 0.2) is 6.61 Å². The molecule has 6 nitrogen and oxygen atoms in total. The van der Waals surface area contributed by atoms with Crippen molar-refractivity contribution in [1.82, 2.24) is 0 Å². The summed E-state index contributed by atoms with van der Waals surface area (Å²) >= 11 is 0. The average molecular weight is 410 g/mol. The molecular weight excluding hydrogens is 394 g/mol. The van der Waals surface area contributed by atoms with Gasteiger partial charge in [-0.05, 0) is 36.4 Å². The molecule has 3 aromatic carbocycles. The fourth-order valence-electron chi connectivity index (χ4n) is 2.54. The van der Waals surface area contributed by atoms with E-state index in [1.165, 1.54) is 12.1 Å². The molecule has 0 aliphatic carbocycles. The first-order valence-electron chi connectivity index (χ1n) is 8.81. The lowest BCUT2D eigenvalue weighted by atomic mass is 10.1. The van der Waals surface area contributed by atoms with E-state index in [-0.39, 0.29) is 16.9 Å². The maximum atomic E-state index is 13.6. The number of esters is 1. The molecule has 152 valence electrons. The number of hydrogen-bond acceptors (Lipinski definition) is 4. The second-order valence-corrected chi connectivity index (χ2v) is 6.11. The van der Waals surface area contributed by atoms with Crippen LogP contribution in [-0.2, 0) is 9.53 Å². The molecule has 3 aromatic rings. The first-order valence-corrected chi connectivity index (χ1v) is 8.81. The molecule has 0 saturated carbocycles. The van der Waals surface area contributed by atoms with Gasteiger partial charge in [0.05, 0.1) is 16.9 Å². The highest BCUT2D eigenvalue weighted by Crippen LogP contribution is 2.18. The molecule has 0 aliphatic heterocycles. The Morgan fingerprint density at radius 2 is 1.50 bits per heavy atom. The molecule has 0 heterocycles. The topological polar surface area (TPSA) is 84.5 Å². The van der Waals surface area contributed by atoms with Crippen molar-refractivity contribution in [3.05, 3.63) is 95.6 Å². The van der Waals surface area contributed by atoms with Crippen LogP contribution in [0.1, 0.15) is 20.7 Å². The van der Waals surface area contributed by atoms with E-state index in [1.54, 1.807) is 42.5 Å². The van der Waals surface area contributed by atoms with Crippen molar-refractivity contribution in [3.63, 3.8) is 0 Å².